The van der Waals surface area contributed by atoms with Gasteiger partial charge in [0.25, 0.3) is 17.5 Å². The number of fused-ring (bicyclic) bond motifs is 1. The molecule has 28 heavy (non-hydrogen) atoms. The Morgan fingerprint density at radius 1 is 1.18 bits per heavy atom. The molecule has 1 amide bonds. The highest BCUT2D eigenvalue weighted by Crippen LogP contribution is 2.10. The maximum absolute atomic E-state index is 12.1. The van der Waals surface area contributed by atoms with Crippen LogP contribution in [0.2, 0.25) is 0 Å². The molecule has 2 aromatic heterocycles. The lowest BCUT2D eigenvalue weighted by molar-refractivity contribution is -0.124. The van der Waals surface area contributed by atoms with Gasteiger partial charge in [-0.3, -0.25) is 4.79 Å². The summed E-state index contributed by atoms with van der Waals surface area (Å²) in [6.07, 6.45) is 0. The van der Waals surface area contributed by atoms with Gasteiger partial charge in [-0.15, -0.1) is 5.10 Å². The largest absolute Gasteiger partial charge is 0.450 e. The van der Waals surface area contributed by atoms with Crippen LogP contribution in [-0.2, 0) is 15.3 Å². The highest BCUT2D eigenvalue weighted by Gasteiger charge is 2.17. The number of carbonyl (C=O) groups is 2. The summed E-state index contributed by atoms with van der Waals surface area (Å²) in [6, 6.07) is 12.0. The fourth-order valence-electron chi connectivity index (χ4n) is 2.53. The van der Waals surface area contributed by atoms with Gasteiger partial charge in [0.1, 0.15) is 0 Å². The molecule has 9 heteroatoms. The Labute approximate surface area is 166 Å². The summed E-state index contributed by atoms with van der Waals surface area (Å²) < 4.78 is 6.46. The second-order valence-corrected chi connectivity index (χ2v) is 7.26. The van der Waals surface area contributed by atoms with Crippen molar-refractivity contribution in [3.63, 3.8) is 0 Å². The highest BCUT2D eigenvalue weighted by atomic mass is 32.2. The molecule has 0 aliphatic heterocycles. The summed E-state index contributed by atoms with van der Waals surface area (Å²) in [7, 11) is 0. The summed E-state index contributed by atoms with van der Waals surface area (Å²) in [5, 5.41) is 6.80. The Morgan fingerprint density at radius 3 is 2.75 bits per heavy atom. The van der Waals surface area contributed by atoms with E-state index in [0.29, 0.717) is 12.3 Å². The van der Waals surface area contributed by atoms with E-state index in [1.807, 2.05) is 38.1 Å². The van der Waals surface area contributed by atoms with Gasteiger partial charge in [0, 0.05) is 29.4 Å². The van der Waals surface area contributed by atoms with Gasteiger partial charge in [-0.25, -0.2) is 14.3 Å². The predicted molar refractivity (Wildman–Crippen MR) is 106 cm³/mol. The van der Waals surface area contributed by atoms with Crippen LogP contribution in [0.5, 0.6) is 0 Å². The number of aryl methyl sites for hydroxylation is 2. The number of esters is 1. The molecule has 0 unspecified atom stereocenters. The van der Waals surface area contributed by atoms with Gasteiger partial charge in [0.05, 0.1) is 0 Å². The van der Waals surface area contributed by atoms with E-state index in [1.54, 1.807) is 11.8 Å². The summed E-state index contributed by atoms with van der Waals surface area (Å²) in [6.45, 7) is 3.81. The Bertz CT molecular complexity index is 974. The minimum atomic E-state index is -0.754. The van der Waals surface area contributed by atoms with Gasteiger partial charge in [-0.2, -0.15) is 16.7 Å². The van der Waals surface area contributed by atoms with Crippen molar-refractivity contribution < 1.29 is 14.3 Å². The van der Waals surface area contributed by atoms with Crippen molar-refractivity contribution in [2.24, 2.45) is 0 Å². The maximum Gasteiger partial charge on any atom is 0.378 e. The van der Waals surface area contributed by atoms with Gasteiger partial charge in [0.2, 0.25) is 0 Å². The van der Waals surface area contributed by atoms with Crippen molar-refractivity contribution in [2.75, 3.05) is 18.9 Å². The van der Waals surface area contributed by atoms with Crippen LogP contribution in [0.15, 0.2) is 36.4 Å². The number of nitrogens with one attached hydrogen (secondary N) is 1. The lowest BCUT2D eigenvalue weighted by Crippen LogP contribution is -2.30. The number of nitrogens with zero attached hydrogens (tertiary/aromatic N) is 4. The zero-order valence-electron chi connectivity index (χ0n) is 15.7. The molecule has 0 bridgehead atoms. The number of amides is 1. The van der Waals surface area contributed by atoms with E-state index in [2.05, 4.69) is 32.5 Å². The Hall–Kier alpha value is -2.94. The van der Waals surface area contributed by atoms with Crippen molar-refractivity contribution in [1.82, 2.24) is 24.9 Å². The molecule has 2 heterocycles. The van der Waals surface area contributed by atoms with E-state index >= 15 is 0 Å². The minimum Gasteiger partial charge on any atom is -0.450 e. The van der Waals surface area contributed by atoms with Gasteiger partial charge < -0.3 is 10.1 Å². The van der Waals surface area contributed by atoms with Gasteiger partial charge in [-0.1, -0.05) is 30.3 Å². The monoisotopic (exact) mass is 399 g/mol. The summed E-state index contributed by atoms with van der Waals surface area (Å²) in [5.41, 5.74) is 2.83. The lowest BCUT2D eigenvalue weighted by Gasteiger charge is -2.05. The van der Waals surface area contributed by atoms with Crippen LogP contribution in [0.4, 0.5) is 0 Å². The Balaban J connectivity index is 1.39. The van der Waals surface area contributed by atoms with Crippen molar-refractivity contribution in [3.05, 3.63) is 59.2 Å². The van der Waals surface area contributed by atoms with Crippen molar-refractivity contribution >= 4 is 29.4 Å². The molecule has 0 saturated carbocycles. The molecular formula is C19H21N5O3S. The summed E-state index contributed by atoms with van der Waals surface area (Å²) in [4.78, 5) is 32.2. The van der Waals surface area contributed by atoms with E-state index < -0.39 is 5.97 Å². The average Bonchev–Trinajstić information content (AvgIpc) is 3.11. The summed E-state index contributed by atoms with van der Waals surface area (Å²) in [5.74, 6) is 0.751. The number of rotatable bonds is 8. The Kier molecular flexibility index (Phi) is 6.59. The third-order valence-corrected chi connectivity index (χ3v) is 4.85. The van der Waals surface area contributed by atoms with Crippen LogP contribution in [0.1, 0.15) is 27.6 Å². The van der Waals surface area contributed by atoms with Crippen LogP contribution < -0.4 is 5.32 Å². The average molecular weight is 399 g/mol. The fourth-order valence-corrected chi connectivity index (χ4v) is 3.35. The molecule has 0 atom stereocenters. The maximum atomic E-state index is 12.1. The topological polar surface area (TPSA) is 98.5 Å². The molecule has 0 spiro atoms. The molecule has 0 fully saturated rings. The zero-order valence-corrected chi connectivity index (χ0v) is 16.5. The molecule has 0 saturated heterocycles. The first-order valence-electron chi connectivity index (χ1n) is 8.79. The molecule has 0 radical (unpaired) electrons. The van der Waals surface area contributed by atoms with E-state index in [0.717, 1.165) is 22.9 Å². The molecule has 1 aromatic carbocycles. The standard InChI is InChI=1S/C19H21N5O3S/c1-13-10-14(2)24-19(21-13)22-17(23-24)18(26)27-11-16(25)20-8-9-28-12-15-6-4-3-5-7-15/h3-7,10H,8-9,11-12H2,1-2H3,(H,20,25). The second kappa shape index (κ2) is 9.32. The molecule has 146 valence electrons. The third kappa shape index (κ3) is 5.29. The molecule has 3 rings (SSSR count). The van der Waals surface area contributed by atoms with Gasteiger partial charge >= 0.3 is 5.97 Å². The van der Waals surface area contributed by atoms with Crippen LogP contribution in [0, 0.1) is 13.8 Å². The molecule has 0 aliphatic carbocycles. The molecular weight excluding hydrogens is 378 g/mol. The molecule has 8 nitrogen and oxygen atoms in total. The van der Waals surface area contributed by atoms with Gasteiger partial charge in [-0.05, 0) is 25.5 Å². The van der Waals surface area contributed by atoms with Crippen molar-refractivity contribution in [3.8, 4) is 0 Å². The molecule has 3 aromatic rings. The number of ether oxygens (including phenoxy) is 1. The summed E-state index contributed by atoms with van der Waals surface area (Å²) >= 11 is 1.72. The molecule has 0 aliphatic rings. The molecule has 1 N–H and O–H groups in total. The van der Waals surface area contributed by atoms with E-state index in [4.69, 9.17) is 4.74 Å². The van der Waals surface area contributed by atoms with E-state index in [1.165, 1.54) is 10.1 Å². The number of benzene rings is 1. The van der Waals surface area contributed by atoms with Crippen LogP contribution in [0.3, 0.4) is 0 Å². The van der Waals surface area contributed by atoms with E-state index in [9.17, 15) is 9.59 Å². The second-order valence-electron chi connectivity index (χ2n) is 6.15. The predicted octanol–water partition coefficient (Wildman–Crippen LogP) is 1.95. The number of aromatic nitrogens is 4. The van der Waals surface area contributed by atoms with E-state index in [-0.39, 0.29) is 18.3 Å². The smallest absolute Gasteiger partial charge is 0.378 e. The van der Waals surface area contributed by atoms with Crippen LogP contribution in [-0.4, -0.2) is 50.4 Å². The minimum absolute atomic E-state index is 0.118. The Morgan fingerprint density at radius 2 is 1.96 bits per heavy atom. The number of hydrogen-bond acceptors (Lipinski definition) is 7. The first-order chi connectivity index (χ1) is 13.5. The number of thioether (sulfide) groups is 1. The lowest BCUT2D eigenvalue weighted by atomic mass is 10.2. The highest BCUT2D eigenvalue weighted by molar-refractivity contribution is 7.98. The quantitative estimate of drug-likeness (QED) is 0.457. The normalized spacial score (nSPS) is 10.8. The SMILES string of the molecule is Cc1cc(C)n2nc(C(=O)OCC(=O)NCCSCc3ccccc3)nc2n1. The van der Waals surface area contributed by atoms with Crippen molar-refractivity contribution in [2.45, 2.75) is 19.6 Å². The van der Waals surface area contributed by atoms with Crippen molar-refractivity contribution in [1.29, 1.82) is 0 Å². The number of hydrogen-bond donors (Lipinski definition) is 1. The number of carbonyl (C=O) groups excluding carboxylic acids is 2. The fraction of sp³-hybridized carbons (Fsp3) is 0.316. The first kappa shape index (κ1) is 19.8. The first-order valence-corrected chi connectivity index (χ1v) is 9.95. The third-order valence-electron chi connectivity index (χ3n) is 3.82. The van der Waals surface area contributed by atoms with Crippen LogP contribution in [0.25, 0.3) is 5.78 Å². The zero-order chi connectivity index (χ0) is 19.9. The van der Waals surface area contributed by atoms with Crippen LogP contribution >= 0.6 is 11.8 Å². The van der Waals surface area contributed by atoms with Gasteiger partial charge in [0.15, 0.2) is 6.61 Å².